The summed E-state index contributed by atoms with van der Waals surface area (Å²) in [5.41, 5.74) is 0.704. The summed E-state index contributed by atoms with van der Waals surface area (Å²) in [7, 11) is 1.67. The molecule has 0 aliphatic rings. The lowest BCUT2D eigenvalue weighted by Crippen LogP contribution is -2.24. The van der Waals surface area contributed by atoms with E-state index in [9.17, 15) is 4.79 Å². The molecule has 0 bridgehead atoms. The number of nitrogens with zero attached hydrogens (tertiary/aromatic N) is 1. The fraction of sp³-hybridized carbons (Fsp3) is 0.538. The number of aromatic nitrogens is 1. The van der Waals surface area contributed by atoms with Crippen molar-refractivity contribution in [3.63, 3.8) is 0 Å². The third kappa shape index (κ3) is 4.81. The molecule has 0 aromatic carbocycles. The lowest BCUT2D eigenvalue weighted by molar-refractivity contribution is -0.0128. The van der Waals surface area contributed by atoms with E-state index in [0.717, 1.165) is 12.1 Å². The molecule has 0 unspecified atom stereocenters. The quantitative estimate of drug-likeness (QED) is 0.754. The maximum absolute atomic E-state index is 10.6. The molecule has 0 saturated heterocycles. The van der Waals surface area contributed by atoms with Crippen molar-refractivity contribution < 1.29 is 19.4 Å². The SMILES string of the molecule is COC(C)(C)CCOCc1ccc(C(=O)O)cn1. The summed E-state index contributed by atoms with van der Waals surface area (Å²) >= 11 is 0. The first-order valence-corrected chi connectivity index (χ1v) is 5.76. The number of methoxy groups -OCH3 is 1. The summed E-state index contributed by atoms with van der Waals surface area (Å²) in [5.74, 6) is -0.975. The summed E-state index contributed by atoms with van der Waals surface area (Å²) in [6.07, 6.45) is 2.12. The molecule has 1 heterocycles. The molecule has 1 N–H and O–H groups in total. The molecule has 100 valence electrons. The van der Waals surface area contributed by atoms with E-state index in [4.69, 9.17) is 14.6 Å². The molecule has 0 fully saturated rings. The Morgan fingerprint density at radius 1 is 1.44 bits per heavy atom. The van der Waals surface area contributed by atoms with Gasteiger partial charge in [-0.2, -0.15) is 0 Å². The Bertz CT molecular complexity index is 386. The van der Waals surface area contributed by atoms with E-state index in [1.165, 1.54) is 12.3 Å². The summed E-state index contributed by atoms with van der Waals surface area (Å²) in [5, 5.41) is 8.72. The standard InChI is InChI=1S/C13H19NO4/c1-13(2,17-3)6-7-18-9-11-5-4-10(8-14-11)12(15)16/h4-5,8H,6-7,9H2,1-3H3,(H,15,16). The Balaban J connectivity index is 2.34. The van der Waals surface area contributed by atoms with Gasteiger partial charge in [0.25, 0.3) is 0 Å². The van der Waals surface area contributed by atoms with E-state index in [2.05, 4.69) is 4.98 Å². The molecule has 5 nitrogen and oxygen atoms in total. The first-order chi connectivity index (χ1) is 8.44. The molecule has 18 heavy (non-hydrogen) atoms. The largest absolute Gasteiger partial charge is 0.478 e. The van der Waals surface area contributed by atoms with Gasteiger partial charge in [0, 0.05) is 19.9 Å². The molecule has 0 atom stereocenters. The zero-order chi connectivity index (χ0) is 13.6. The van der Waals surface area contributed by atoms with Gasteiger partial charge in [-0.15, -0.1) is 0 Å². The van der Waals surface area contributed by atoms with E-state index < -0.39 is 5.97 Å². The summed E-state index contributed by atoms with van der Waals surface area (Å²) in [6.45, 7) is 4.94. The Morgan fingerprint density at radius 3 is 2.67 bits per heavy atom. The molecule has 5 heteroatoms. The van der Waals surface area contributed by atoms with Crippen LogP contribution in [0.15, 0.2) is 18.3 Å². The highest BCUT2D eigenvalue weighted by Crippen LogP contribution is 2.13. The zero-order valence-electron chi connectivity index (χ0n) is 11.0. The minimum atomic E-state index is -0.975. The van der Waals surface area contributed by atoms with Crippen molar-refractivity contribution in [1.82, 2.24) is 4.98 Å². The second-order valence-corrected chi connectivity index (χ2v) is 4.61. The second-order valence-electron chi connectivity index (χ2n) is 4.61. The molecular formula is C13H19NO4. The molecule has 1 aromatic heterocycles. The van der Waals surface area contributed by atoms with Crippen LogP contribution < -0.4 is 0 Å². The first-order valence-electron chi connectivity index (χ1n) is 5.76. The zero-order valence-corrected chi connectivity index (χ0v) is 11.0. The van der Waals surface area contributed by atoms with Crippen LogP contribution in [0.5, 0.6) is 0 Å². The number of pyridine rings is 1. The normalized spacial score (nSPS) is 11.5. The number of carbonyl (C=O) groups is 1. The first kappa shape index (κ1) is 14.6. The molecule has 1 rings (SSSR count). The molecular weight excluding hydrogens is 234 g/mol. The fourth-order valence-corrected chi connectivity index (χ4v) is 1.23. The Morgan fingerprint density at radius 2 is 2.17 bits per heavy atom. The molecule has 1 aromatic rings. The van der Waals surface area contributed by atoms with Gasteiger partial charge < -0.3 is 14.6 Å². The van der Waals surface area contributed by atoms with E-state index in [0.29, 0.717) is 13.2 Å². The third-order valence-electron chi connectivity index (χ3n) is 2.72. The molecule has 0 spiro atoms. The maximum atomic E-state index is 10.6. The molecule has 0 amide bonds. The Kier molecular flexibility index (Phi) is 5.25. The number of carboxylic acid groups (broad SMARTS) is 1. The van der Waals surface area contributed by atoms with Crippen LogP contribution in [0.4, 0.5) is 0 Å². The predicted molar refractivity (Wildman–Crippen MR) is 66.6 cm³/mol. The van der Waals surface area contributed by atoms with Crippen LogP contribution in [0.2, 0.25) is 0 Å². The van der Waals surface area contributed by atoms with Crippen molar-refractivity contribution in [2.75, 3.05) is 13.7 Å². The minimum absolute atomic E-state index is 0.180. The van der Waals surface area contributed by atoms with Crippen LogP contribution in [-0.4, -0.2) is 35.4 Å². The van der Waals surface area contributed by atoms with Gasteiger partial charge in [-0.1, -0.05) is 0 Å². The summed E-state index contributed by atoms with van der Waals surface area (Å²) in [6, 6.07) is 3.18. The lowest BCUT2D eigenvalue weighted by Gasteiger charge is -2.22. The number of hydrogen-bond donors (Lipinski definition) is 1. The average Bonchev–Trinajstić information content (AvgIpc) is 2.35. The van der Waals surface area contributed by atoms with Gasteiger partial charge in [0.05, 0.1) is 23.5 Å². The Labute approximate surface area is 107 Å². The van der Waals surface area contributed by atoms with Gasteiger partial charge in [-0.25, -0.2) is 4.79 Å². The highest BCUT2D eigenvalue weighted by atomic mass is 16.5. The summed E-state index contributed by atoms with van der Waals surface area (Å²) < 4.78 is 10.7. The van der Waals surface area contributed by atoms with Gasteiger partial charge >= 0.3 is 5.97 Å². The highest BCUT2D eigenvalue weighted by molar-refractivity contribution is 5.87. The van der Waals surface area contributed by atoms with E-state index in [-0.39, 0.29) is 11.2 Å². The number of aromatic carboxylic acids is 1. The number of carboxylic acids is 1. The smallest absolute Gasteiger partial charge is 0.337 e. The number of rotatable bonds is 7. The van der Waals surface area contributed by atoms with Crippen LogP contribution in [0.3, 0.4) is 0 Å². The number of hydrogen-bond acceptors (Lipinski definition) is 4. The van der Waals surface area contributed by atoms with Gasteiger partial charge in [-0.05, 0) is 32.4 Å². The second kappa shape index (κ2) is 6.47. The average molecular weight is 253 g/mol. The van der Waals surface area contributed by atoms with Crippen molar-refractivity contribution in [2.24, 2.45) is 0 Å². The van der Waals surface area contributed by atoms with Crippen LogP contribution >= 0.6 is 0 Å². The molecule has 0 saturated carbocycles. The van der Waals surface area contributed by atoms with Gasteiger partial charge in [0.15, 0.2) is 0 Å². The van der Waals surface area contributed by atoms with E-state index in [1.54, 1.807) is 13.2 Å². The van der Waals surface area contributed by atoms with Crippen LogP contribution in [0, 0.1) is 0 Å². The Hall–Kier alpha value is -1.46. The predicted octanol–water partition coefficient (Wildman–Crippen LogP) is 2.11. The van der Waals surface area contributed by atoms with E-state index >= 15 is 0 Å². The van der Waals surface area contributed by atoms with Gasteiger partial charge in [0.2, 0.25) is 0 Å². The van der Waals surface area contributed by atoms with Crippen LogP contribution in [0.25, 0.3) is 0 Å². The molecule has 0 aliphatic carbocycles. The van der Waals surface area contributed by atoms with Crippen molar-refractivity contribution >= 4 is 5.97 Å². The van der Waals surface area contributed by atoms with Crippen molar-refractivity contribution in [3.05, 3.63) is 29.6 Å². The van der Waals surface area contributed by atoms with Gasteiger partial charge in [-0.3, -0.25) is 4.98 Å². The number of ether oxygens (including phenoxy) is 2. The van der Waals surface area contributed by atoms with Crippen molar-refractivity contribution in [2.45, 2.75) is 32.5 Å². The summed E-state index contributed by atoms with van der Waals surface area (Å²) in [4.78, 5) is 14.6. The maximum Gasteiger partial charge on any atom is 0.337 e. The van der Waals surface area contributed by atoms with Gasteiger partial charge in [0.1, 0.15) is 0 Å². The molecule has 0 aliphatic heterocycles. The third-order valence-corrected chi connectivity index (χ3v) is 2.72. The van der Waals surface area contributed by atoms with Crippen molar-refractivity contribution in [3.8, 4) is 0 Å². The lowest BCUT2D eigenvalue weighted by atomic mass is 10.1. The highest BCUT2D eigenvalue weighted by Gasteiger charge is 2.15. The van der Waals surface area contributed by atoms with Crippen LogP contribution in [0.1, 0.15) is 36.3 Å². The molecule has 0 radical (unpaired) electrons. The minimum Gasteiger partial charge on any atom is -0.478 e. The van der Waals surface area contributed by atoms with Crippen molar-refractivity contribution in [1.29, 1.82) is 0 Å². The monoisotopic (exact) mass is 253 g/mol. The van der Waals surface area contributed by atoms with E-state index in [1.807, 2.05) is 13.8 Å². The topological polar surface area (TPSA) is 68.7 Å². The van der Waals surface area contributed by atoms with Crippen LogP contribution in [-0.2, 0) is 16.1 Å². The fourth-order valence-electron chi connectivity index (χ4n) is 1.23.